The van der Waals surface area contributed by atoms with Crippen molar-refractivity contribution in [2.75, 3.05) is 30.9 Å². The third kappa shape index (κ3) is 3.36. The van der Waals surface area contributed by atoms with Crippen LogP contribution in [0.15, 0.2) is 11.8 Å². The monoisotopic (exact) mass is 357 g/mol. The number of rotatable bonds is 7. The van der Waals surface area contributed by atoms with Crippen molar-refractivity contribution in [3.05, 3.63) is 17.3 Å². The lowest BCUT2D eigenvalue weighted by Gasteiger charge is -2.10. The molecule has 2 amide bonds. The summed E-state index contributed by atoms with van der Waals surface area (Å²) in [5.74, 6) is 0.363. The Bertz CT molecular complexity index is 901. The Morgan fingerprint density at radius 1 is 1.38 bits per heavy atom. The first kappa shape index (κ1) is 16.5. The van der Waals surface area contributed by atoms with Gasteiger partial charge in [-0.15, -0.1) is 0 Å². The number of nitrogens with zero attached hydrogens (tertiary/aromatic N) is 4. The molecule has 0 unspecified atom stereocenters. The summed E-state index contributed by atoms with van der Waals surface area (Å²) < 4.78 is 6.64. The molecule has 10 nitrogen and oxygen atoms in total. The predicted molar refractivity (Wildman–Crippen MR) is 93.5 cm³/mol. The molecular weight excluding hydrogens is 338 g/mol. The summed E-state index contributed by atoms with van der Waals surface area (Å²) in [5.41, 5.74) is 1.61. The molecule has 0 spiro atoms. The number of carbonyl (C=O) groups excluding carboxylic acids is 2. The minimum atomic E-state index is -0.377. The van der Waals surface area contributed by atoms with Crippen LogP contribution in [0.4, 0.5) is 11.9 Å². The molecular formula is C16H19N7O3. The van der Waals surface area contributed by atoms with Gasteiger partial charge in [0.2, 0.25) is 17.8 Å². The molecule has 0 bridgehead atoms. The Balaban J connectivity index is 1.72. The molecule has 4 rings (SSSR count). The van der Waals surface area contributed by atoms with Crippen LogP contribution in [0.3, 0.4) is 0 Å². The third-order valence-electron chi connectivity index (χ3n) is 4.12. The molecule has 2 fully saturated rings. The van der Waals surface area contributed by atoms with Crippen molar-refractivity contribution in [1.82, 2.24) is 24.9 Å². The summed E-state index contributed by atoms with van der Waals surface area (Å²) in [6.07, 6.45) is 5.51. The molecule has 2 aromatic heterocycles. The number of hydrogen-bond donors (Lipinski definition) is 3. The van der Waals surface area contributed by atoms with Crippen LogP contribution >= 0.6 is 0 Å². The fourth-order valence-corrected chi connectivity index (χ4v) is 2.66. The van der Waals surface area contributed by atoms with Crippen molar-refractivity contribution >= 4 is 35.4 Å². The number of aromatic nitrogens is 4. The highest BCUT2D eigenvalue weighted by Crippen LogP contribution is 2.25. The summed E-state index contributed by atoms with van der Waals surface area (Å²) in [5, 5.41) is 13.0. The average molecular weight is 357 g/mol. The van der Waals surface area contributed by atoms with Crippen LogP contribution in [-0.4, -0.2) is 57.7 Å². The van der Waals surface area contributed by atoms with Gasteiger partial charge in [-0.2, -0.15) is 19.6 Å². The normalized spacial score (nSPS) is 18.6. The predicted octanol–water partition coefficient (Wildman–Crippen LogP) is 0.187. The molecule has 10 heteroatoms. The zero-order chi connectivity index (χ0) is 18.1. The zero-order valence-electron chi connectivity index (χ0n) is 14.3. The Hall–Kier alpha value is -3.01. The highest BCUT2D eigenvalue weighted by atomic mass is 16.5. The number of nitrogens with one attached hydrogen (secondary N) is 3. The number of anilines is 2. The Morgan fingerprint density at radius 2 is 2.23 bits per heavy atom. The van der Waals surface area contributed by atoms with E-state index in [0.717, 1.165) is 12.8 Å². The molecule has 2 aliphatic rings. The van der Waals surface area contributed by atoms with Gasteiger partial charge in [0, 0.05) is 30.8 Å². The molecule has 2 aromatic rings. The van der Waals surface area contributed by atoms with Gasteiger partial charge in [-0.25, -0.2) is 0 Å². The third-order valence-corrected chi connectivity index (χ3v) is 4.12. The van der Waals surface area contributed by atoms with E-state index in [2.05, 4.69) is 31.0 Å². The minimum Gasteiger partial charge on any atom is -0.383 e. The number of hydrogen-bond acceptors (Lipinski definition) is 8. The largest absolute Gasteiger partial charge is 0.383 e. The van der Waals surface area contributed by atoms with Crippen LogP contribution in [0.2, 0.25) is 0 Å². The number of carbonyl (C=O) groups is 2. The SMILES string of the molecule is COCCNc1nc(NC2CC2)nc2c(/C=C3\CC(=O)NC3=O)cnn12. The van der Waals surface area contributed by atoms with Crippen molar-refractivity contribution in [2.45, 2.75) is 25.3 Å². The van der Waals surface area contributed by atoms with Crippen LogP contribution in [0.5, 0.6) is 0 Å². The van der Waals surface area contributed by atoms with E-state index in [1.807, 2.05) is 0 Å². The van der Waals surface area contributed by atoms with Gasteiger partial charge in [-0.3, -0.25) is 14.9 Å². The van der Waals surface area contributed by atoms with E-state index in [4.69, 9.17) is 4.74 Å². The van der Waals surface area contributed by atoms with Gasteiger partial charge >= 0.3 is 0 Å². The van der Waals surface area contributed by atoms with E-state index >= 15 is 0 Å². The van der Waals surface area contributed by atoms with Gasteiger partial charge in [0.25, 0.3) is 5.91 Å². The maximum Gasteiger partial charge on any atom is 0.254 e. The lowest BCUT2D eigenvalue weighted by molar-refractivity contribution is -0.124. The summed E-state index contributed by atoms with van der Waals surface area (Å²) in [4.78, 5) is 32.2. The van der Waals surface area contributed by atoms with E-state index in [0.29, 0.717) is 47.9 Å². The lowest BCUT2D eigenvalue weighted by Crippen LogP contribution is -2.19. The van der Waals surface area contributed by atoms with Crippen LogP contribution in [0.25, 0.3) is 11.7 Å². The average Bonchev–Trinajstić information content (AvgIpc) is 3.24. The van der Waals surface area contributed by atoms with E-state index in [1.54, 1.807) is 23.9 Å². The molecule has 3 heterocycles. The molecule has 1 aliphatic carbocycles. The second-order valence-corrected chi connectivity index (χ2v) is 6.27. The topological polar surface area (TPSA) is 123 Å². The Labute approximate surface area is 149 Å². The first-order valence-corrected chi connectivity index (χ1v) is 8.44. The molecule has 1 aliphatic heterocycles. The zero-order valence-corrected chi connectivity index (χ0v) is 14.3. The fraction of sp³-hybridized carbons (Fsp3) is 0.438. The standard InChI is InChI=1S/C16H19N7O3/c1-26-5-4-17-16-22-15(19-11-2-3-11)21-13-10(8-18-23(13)16)6-9-7-12(24)20-14(9)25/h6,8,11H,2-5,7H2,1H3,(H,20,24,25)(H2,17,19,21,22)/b9-6+. The maximum atomic E-state index is 11.8. The molecule has 0 atom stereocenters. The second kappa shape index (κ2) is 6.71. The minimum absolute atomic E-state index is 0.0629. The van der Waals surface area contributed by atoms with E-state index in [9.17, 15) is 9.59 Å². The smallest absolute Gasteiger partial charge is 0.254 e. The number of amides is 2. The quantitative estimate of drug-likeness (QED) is 0.365. The van der Waals surface area contributed by atoms with Crippen LogP contribution in [0.1, 0.15) is 24.8 Å². The van der Waals surface area contributed by atoms with Crippen LogP contribution < -0.4 is 16.0 Å². The summed E-state index contributed by atoms with van der Waals surface area (Å²) in [6.45, 7) is 1.09. The van der Waals surface area contributed by atoms with Gasteiger partial charge < -0.3 is 15.4 Å². The summed E-state index contributed by atoms with van der Waals surface area (Å²) in [6, 6.07) is 0.396. The molecule has 0 radical (unpaired) electrons. The molecule has 136 valence electrons. The first-order valence-electron chi connectivity index (χ1n) is 8.44. The van der Waals surface area contributed by atoms with Crippen molar-refractivity contribution in [1.29, 1.82) is 0 Å². The van der Waals surface area contributed by atoms with Crippen LogP contribution in [-0.2, 0) is 14.3 Å². The second-order valence-electron chi connectivity index (χ2n) is 6.27. The molecule has 1 saturated heterocycles. The fourth-order valence-electron chi connectivity index (χ4n) is 2.66. The van der Waals surface area contributed by atoms with E-state index < -0.39 is 0 Å². The Kier molecular flexibility index (Phi) is 4.25. The lowest BCUT2D eigenvalue weighted by atomic mass is 10.1. The van der Waals surface area contributed by atoms with Gasteiger partial charge in [-0.05, 0) is 18.9 Å². The number of fused-ring (bicyclic) bond motifs is 1. The molecule has 1 saturated carbocycles. The highest BCUT2D eigenvalue weighted by molar-refractivity contribution is 6.15. The van der Waals surface area contributed by atoms with Crippen LogP contribution in [0, 0.1) is 0 Å². The summed E-state index contributed by atoms with van der Waals surface area (Å²) in [7, 11) is 1.63. The van der Waals surface area contributed by atoms with E-state index in [1.165, 1.54) is 0 Å². The van der Waals surface area contributed by atoms with Gasteiger partial charge in [0.15, 0.2) is 5.65 Å². The van der Waals surface area contributed by atoms with Crippen molar-refractivity contribution in [3.8, 4) is 0 Å². The van der Waals surface area contributed by atoms with Gasteiger partial charge in [0.05, 0.1) is 19.2 Å². The first-order chi connectivity index (χ1) is 12.6. The van der Waals surface area contributed by atoms with Crippen molar-refractivity contribution in [2.24, 2.45) is 0 Å². The van der Waals surface area contributed by atoms with E-state index in [-0.39, 0.29) is 18.2 Å². The maximum absolute atomic E-state index is 11.8. The molecule has 3 N–H and O–H groups in total. The van der Waals surface area contributed by atoms with Gasteiger partial charge in [-0.1, -0.05) is 0 Å². The number of methoxy groups -OCH3 is 1. The van der Waals surface area contributed by atoms with Crippen molar-refractivity contribution in [3.63, 3.8) is 0 Å². The highest BCUT2D eigenvalue weighted by Gasteiger charge is 2.25. The summed E-state index contributed by atoms with van der Waals surface area (Å²) >= 11 is 0. The molecule has 0 aromatic carbocycles. The number of imide groups is 1. The van der Waals surface area contributed by atoms with Gasteiger partial charge in [0.1, 0.15) is 0 Å². The van der Waals surface area contributed by atoms with Crippen molar-refractivity contribution < 1.29 is 14.3 Å². The number of ether oxygens (including phenoxy) is 1. The molecule has 26 heavy (non-hydrogen) atoms. The Morgan fingerprint density at radius 3 is 2.92 bits per heavy atom.